The molecule has 3 aromatic rings. The number of amides is 2. The molecule has 2 aliphatic rings. The summed E-state index contributed by atoms with van der Waals surface area (Å²) < 4.78 is 19.1. The number of ketones is 1. The highest BCUT2D eigenvalue weighted by Crippen LogP contribution is 2.26. The lowest BCUT2D eigenvalue weighted by molar-refractivity contribution is -0.126. The smallest absolute Gasteiger partial charge is 0.224 e. The van der Waals surface area contributed by atoms with Crippen LogP contribution in [0, 0.1) is 17.7 Å². The number of allylic oxidation sites excluding steroid dienone is 1. The van der Waals surface area contributed by atoms with Crippen molar-refractivity contribution >= 4 is 17.6 Å². The van der Waals surface area contributed by atoms with Crippen LogP contribution in [0.4, 0.5) is 4.39 Å². The molecule has 0 bridgehead atoms. The Morgan fingerprint density at radius 3 is 2.56 bits per heavy atom. The van der Waals surface area contributed by atoms with Gasteiger partial charge in [-0.25, -0.2) is 4.39 Å². The van der Waals surface area contributed by atoms with Gasteiger partial charge in [0, 0.05) is 43.0 Å². The molecule has 0 radical (unpaired) electrons. The molecular weight excluding hydrogens is 521 g/mol. The van der Waals surface area contributed by atoms with Gasteiger partial charge in [0.25, 0.3) is 0 Å². The second kappa shape index (κ2) is 12.8. The Labute approximate surface area is 238 Å². The normalized spacial score (nSPS) is 19.0. The minimum Gasteiger partial charge on any atom is -0.494 e. The fraction of sp³-hybridized carbons (Fsp3) is 0.303. The average Bonchev–Trinajstić information content (AvgIpc) is 3.72. The summed E-state index contributed by atoms with van der Waals surface area (Å²) in [7, 11) is 0. The standard InChI is InChI=1S/C33H34FN3O4/c1-21-24(14-16-41-21)18-28(19-25-13-15-35-32(25)39)36-33(40)26(17-22-7-9-27(34)10-8-22)20-31(38)30-12-11-29(37-30)23-5-3-2-4-6-23/h2-12,18,25-26,28,37H,1,13-17,19-20H2,(H,35,39)(H,36,40)/b24-18+/t25-,26?,28+/m0/s1. The predicted molar refractivity (Wildman–Crippen MR) is 154 cm³/mol. The molecule has 1 unspecified atom stereocenters. The first-order valence-electron chi connectivity index (χ1n) is 14.0. The van der Waals surface area contributed by atoms with Crippen LogP contribution in [0.25, 0.3) is 11.3 Å². The van der Waals surface area contributed by atoms with E-state index in [1.807, 2.05) is 42.5 Å². The van der Waals surface area contributed by atoms with Gasteiger partial charge in [-0.2, -0.15) is 0 Å². The predicted octanol–water partition coefficient (Wildman–Crippen LogP) is 5.12. The van der Waals surface area contributed by atoms with Gasteiger partial charge < -0.3 is 20.4 Å². The monoisotopic (exact) mass is 555 g/mol. The van der Waals surface area contributed by atoms with Gasteiger partial charge >= 0.3 is 0 Å². The van der Waals surface area contributed by atoms with E-state index in [2.05, 4.69) is 22.2 Å². The molecule has 212 valence electrons. The number of Topliss-reactive ketones (excluding diaryl/α,β-unsaturated/α-hetero) is 1. The lowest BCUT2D eigenvalue weighted by atomic mass is 9.91. The van der Waals surface area contributed by atoms with Crippen molar-refractivity contribution in [1.29, 1.82) is 0 Å². The summed E-state index contributed by atoms with van der Waals surface area (Å²) in [6.07, 6.45) is 3.94. The zero-order valence-corrected chi connectivity index (χ0v) is 22.8. The number of benzene rings is 2. The molecule has 3 atom stereocenters. The fourth-order valence-electron chi connectivity index (χ4n) is 5.42. The van der Waals surface area contributed by atoms with Gasteiger partial charge in [-0.15, -0.1) is 0 Å². The van der Waals surface area contributed by atoms with Crippen LogP contribution in [0.3, 0.4) is 0 Å². The Kier molecular flexibility index (Phi) is 8.77. The average molecular weight is 556 g/mol. The molecule has 8 heteroatoms. The Morgan fingerprint density at radius 1 is 1.10 bits per heavy atom. The Balaban J connectivity index is 1.36. The van der Waals surface area contributed by atoms with Gasteiger partial charge in [-0.05, 0) is 60.2 Å². The van der Waals surface area contributed by atoms with Crippen molar-refractivity contribution in [2.24, 2.45) is 11.8 Å². The second-order valence-corrected chi connectivity index (χ2v) is 10.6. The summed E-state index contributed by atoms with van der Waals surface area (Å²) in [6, 6.07) is 18.8. The second-order valence-electron chi connectivity index (χ2n) is 10.6. The molecule has 7 nitrogen and oxygen atoms in total. The molecule has 0 saturated carbocycles. The molecule has 0 spiro atoms. The summed E-state index contributed by atoms with van der Waals surface area (Å²) in [5.74, 6) is -1.26. The summed E-state index contributed by atoms with van der Waals surface area (Å²) in [4.78, 5) is 42.7. The molecule has 2 aromatic carbocycles. The van der Waals surface area contributed by atoms with Gasteiger partial charge in [-0.3, -0.25) is 14.4 Å². The number of aromatic nitrogens is 1. The van der Waals surface area contributed by atoms with Crippen LogP contribution in [-0.4, -0.2) is 41.8 Å². The molecule has 2 fully saturated rings. The Bertz CT molecular complexity index is 1440. The maximum Gasteiger partial charge on any atom is 0.224 e. The van der Waals surface area contributed by atoms with E-state index in [1.54, 1.807) is 18.2 Å². The molecule has 3 N–H and O–H groups in total. The lowest BCUT2D eigenvalue weighted by Gasteiger charge is -2.23. The van der Waals surface area contributed by atoms with E-state index < -0.39 is 12.0 Å². The van der Waals surface area contributed by atoms with E-state index in [0.29, 0.717) is 43.9 Å². The number of hydrogen-bond acceptors (Lipinski definition) is 4. The van der Waals surface area contributed by atoms with E-state index in [4.69, 9.17) is 4.74 Å². The zero-order valence-electron chi connectivity index (χ0n) is 22.8. The summed E-state index contributed by atoms with van der Waals surface area (Å²) in [5.41, 5.74) is 3.84. The maximum absolute atomic E-state index is 13.8. The molecule has 5 rings (SSSR count). The maximum atomic E-state index is 13.8. The first-order valence-corrected chi connectivity index (χ1v) is 14.0. The molecule has 2 amide bonds. The number of aromatic amines is 1. The van der Waals surface area contributed by atoms with Gasteiger partial charge in [-0.1, -0.05) is 55.1 Å². The largest absolute Gasteiger partial charge is 0.494 e. The van der Waals surface area contributed by atoms with Crippen LogP contribution in [0.15, 0.2) is 90.7 Å². The highest BCUT2D eigenvalue weighted by atomic mass is 19.1. The zero-order chi connectivity index (χ0) is 28.8. The van der Waals surface area contributed by atoms with Gasteiger partial charge in [0.05, 0.1) is 12.3 Å². The molecular formula is C33H34FN3O4. The Morgan fingerprint density at radius 2 is 1.88 bits per heavy atom. The number of carbonyl (C=O) groups excluding carboxylic acids is 3. The van der Waals surface area contributed by atoms with Crippen LogP contribution in [0.1, 0.15) is 41.7 Å². The number of rotatable bonds is 11. The minimum absolute atomic E-state index is 0.0249. The highest BCUT2D eigenvalue weighted by molar-refractivity contribution is 5.98. The van der Waals surface area contributed by atoms with Crippen molar-refractivity contribution in [3.8, 4) is 11.3 Å². The van der Waals surface area contributed by atoms with Crippen molar-refractivity contribution in [3.63, 3.8) is 0 Å². The SMILES string of the molecule is C=C1OCC/C1=C\[C@H](C[C@@H]1CCNC1=O)NC(=O)C(CC(=O)c1ccc(-c2ccccc2)[nH]1)Cc1ccc(F)cc1. The summed E-state index contributed by atoms with van der Waals surface area (Å²) in [6.45, 7) is 5.08. The molecule has 2 aliphatic heterocycles. The topological polar surface area (TPSA) is 100 Å². The number of nitrogens with one attached hydrogen (secondary N) is 3. The van der Waals surface area contributed by atoms with E-state index >= 15 is 0 Å². The first kappa shape index (κ1) is 28.1. The van der Waals surface area contributed by atoms with Gasteiger partial charge in [0.15, 0.2) is 5.78 Å². The van der Waals surface area contributed by atoms with E-state index in [-0.39, 0.29) is 42.2 Å². The van der Waals surface area contributed by atoms with Crippen molar-refractivity contribution < 1.29 is 23.5 Å². The van der Waals surface area contributed by atoms with Gasteiger partial charge in [0.1, 0.15) is 11.6 Å². The quantitative estimate of drug-likeness (QED) is 0.286. The van der Waals surface area contributed by atoms with Crippen LogP contribution in [-0.2, 0) is 20.7 Å². The van der Waals surface area contributed by atoms with Crippen LogP contribution in [0.5, 0.6) is 0 Å². The molecule has 41 heavy (non-hydrogen) atoms. The Hall–Kier alpha value is -4.46. The molecule has 0 aliphatic carbocycles. The third-order valence-corrected chi connectivity index (χ3v) is 7.71. The lowest BCUT2D eigenvalue weighted by Crippen LogP contribution is -2.41. The van der Waals surface area contributed by atoms with Crippen LogP contribution < -0.4 is 10.6 Å². The van der Waals surface area contributed by atoms with Crippen molar-refractivity contribution in [1.82, 2.24) is 15.6 Å². The fourth-order valence-corrected chi connectivity index (χ4v) is 5.42. The number of carbonyl (C=O) groups is 3. The molecule has 2 saturated heterocycles. The van der Waals surface area contributed by atoms with Crippen molar-refractivity contribution in [3.05, 3.63) is 108 Å². The third kappa shape index (κ3) is 7.20. The van der Waals surface area contributed by atoms with Crippen molar-refractivity contribution in [2.75, 3.05) is 13.2 Å². The minimum atomic E-state index is -0.710. The van der Waals surface area contributed by atoms with Gasteiger partial charge in [0.2, 0.25) is 11.8 Å². The number of halogens is 1. The van der Waals surface area contributed by atoms with E-state index in [0.717, 1.165) is 22.4 Å². The van der Waals surface area contributed by atoms with E-state index in [9.17, 15) is 18.8 Å². The van der Waals surface area contributed by atoms with Crippen LogP contribution in [0.2, 0.25) is 0 Å². The van der Waals surface area contributed by atoms with E-state index in [1.165, 1.54) is 12.1 Å². The molecule has 1 aromatic heterocycles. The number of ether oxygens (including phenoxy) is 1. The third-order valence-electron chi connectivity index (χ3n) is 7.71. The number of H-pyrrole nitrogens is 1. The molecule has 3 heterocycles. The number of hydrogen-bond donors (Lipinski definition) is 3. The highest BCUT2D eigenvalue weighted by Gasteiger charge is 2.30. The summed E-state index contributed by atoms with van der Waals surface area (Å²) in [5, 5.41) is 5.96. The summed E-state index contributed by atoms with van der Waals surface area (Å²) >= 11 is 0. The first-order chi connectivity index (χ1) is 19.9. The van der Waals surface area contributed by atoms with Crippen LogP contribution >= 0.6 is 0 Å². The van der Waals surface area contributed by atoms with Crippen molar-refractivity contribution in [2.45, 2.75) is 38.1 Å².